The molecule has 0 spiro atoms. The van der Waals surface area contributed by atoms with Crippen molar-refractivity contribution in [3.8, 4) is 0 Å². The number of nitrogens with two attached hydrogens (primary N) is 1. The van der Waals surface area contributed by atoms with Crippen LogP contribution in [0.25, 0.3) is 0 Å². The monoisotopic (exact) mass is 250 g/mol. The average molecular weight is 250 g/mol. The molecule has 102 valence electrons. The Balaban J connectivity index is 2.59. The second-order valence-electron chi connectivity index (χ2n) is 5.59. The van der Waals surface area contributed by atoms with Crippen LogP contribution in [0.2, 0.25) is 0 Å². The van der Waals surface area contributed by atoms with E-state index in [1.165, 1.54) is 0 Å². The Kier molecular flexibility index (Phi) is 5.32. The van der Waals surface area contributed by atoms with Crippen LogP contribution >= 0.6 is 0 Å². The third-order valence-corrected chi connectivity index (χ3v) is 3.50. The topological polar surface area (TPSA) is 58.3 Å². The SMILES string of the molecule is CCC(C)(C)NCC(O)c1ccc([C@H](C)N)cc1. The highest BCUT2D eigenvalue weighted by atomic mass is 16.3. The first-order valence-electron chi connectivity index (χ1n) is 6.64. The maximum Gasteiger partial charge on any atom is 0.0914 e. The lowest BCUT2D eigenvalue weighted by Gasteiger charge is -2.26. The molecule has 0 saturated heterocycles. The Labute approximate surface area is 110 Å². The lowest BCUT2D eigenvalue weighted by molar-refractivity contribution is 0.160. The van der Waals surface area contributed by atoms with E-state index < -0.39 is 6.10 Å². The van der Waals surface area contributed by atoms with Crippen molar-refractivity contribution >= 4 is 0 Å². The minimum absolute atomic E-state index is 0.0355. The summed E-state index contributed by atoms with van der Waals surface area (Å²) in [4.78, 5) is 0. The van der Waals surface area contributed by atoms with Gasteiger partial charge in [-0.2, -0.15) is 0 Å². The zero-order valence-corrected chi connectivity index (χ0v) is 11.9. The molecule has 0 radical (unpaired) electrons. The highest BCUT2D eigenvalue weighted by Crippen LogP contribution is 2.17. The second kappa shape index (κ2) is 6.32. The van der Waals surface area contributed by atoms with Crippen LogP contribution in [0.3, 0.4) is 0 Å². The van der Waals surface area contributed by atoms with Gasteiger partial charge in [0, 0.05) is 18.1 Å². The van der Waals surface area contributed by atoms with E-state index in [1.54, 1.807) is 0 Å². The summed E-state index contributed by atoms with van der Waals surface area (Å²) in [6.07, 6.45) is 0.557. The van der Waals surface area contributed by atoms with Gasteiger partial charge in [-0.15, -0.1) is 0 Å². The number of rotatable bonds is 6. The molecular formula is C15H26N2O. The largest absolute Gasteiger partial charge is 0.387 e. The van der Waals surface area contributed by atoms with Crippen LogP contribution in [0.4, 0.5) is 0 Å². The summed E-state index contributed by atoms with van der Waals surface area (Å²) in [7, 11) is 0. The quantitative estimate of drug-likeness (QED) is 0.727. The van der Waals surface area contributed by atoms with Crippen molar-refractivity contribution in [2.24, 2.45) is 5.73 Å². The fourth-order valence-corrected chi connectivity index (χ4v) is 1.64. The van der Waals surface area contributed by atoms with Crippen molar-refractivity contribution in [3.05, 3.63) is 35.4 Å². The normalized spacial score (nSPS) is 15.4. The number of benzene rings is 1. The summed E-state index contributed by atoms with van der Waals surface area (Å²) in [6, 6.07) is 7.89. The Morgan fingerprint density at radius 1 is 1.22 bits per heavy atom. The number of hydrogen-bond acceptors (Lipinski definition) is 3. The Bertz CT molecular complexity index is 357. The number of nitrogens with one attached hydrogen (secondary N) is 1. The highest BCUT2D eigenvalue weighted by Gasteiger charge is 2.16. The maximum atomic E-state index is 10.1. The molecule has 0 aliphatic rings. The molecule has 3 heteroatoms. The molecule has 0 aliphatic carbocycles. The van der Waals surface area contributed by atoms with Gasteiger partial charge in [-0.1, -0.05) is 31.2 Å². The highest BCUT2D eigenvalue weighted by molar-refractivity contribution is 5.26. The van der Waals surface area contributed by atoms with Gasteiger partial charge in [-0.3, -0.25) is 0 Å². The predicted octanol–water partition coefficient (Wildman–Crippen LogP) is 2.52. The summed E-state index contributed by atoms with van der Waals surface area (Å²) in [5.74, 6) is 0. The standard InChI is InChI=1S/C15H26N2O/c1-5-15(3,4)17-10-14(18)13-8-6-12(7-9-13)11(2)16/h6-9,11,14,17-18H,5,10,16H2,1-4H3/t11-,14?/m0/s1. The molecule has 2 atom stereocenters. The van der Waals surface area contributed by atoms with E-state index in [1.807, 2.05) is 31.2 Å². The van der Waals surface area contributed by atoms with E-state index >= 15 is 0 Å². The van der Waals surface area contributed by atoms with E-state index in [4.69, 9.17) is 5.73 Å². The molecule has 0 amide bonds. The molecule has 0 heterocycles. The Morgan fingerprint density at radius 2 is 1.72 bits per heavy atom. The Hall–Kier alpha value is -0.900. The molecule has 18 heavy (non-hydrogen) atoms. The van der Waals surface area contributed by atoms with Crippen LogP contribution in [0.15, 0.2) is 24.3 Å². The van der Waals surface area contributed by atoms with Gasteiger partial charge in [-0.05, 0) is 38.3 Å². The molecule has 0 bridgehead atoms. The lowest BCUT2D eigenvalue weighted by atomic mass is 10.00. The molecule has 1 rings (SSSR count). The third kappa shape index (κ3) is 4.41. The van der Waals surface area contributed by atoms with Crippen LogP contribution in [0.1, 0.15) is 57.4 Å². The third-order valence-electron chi connectivity index (χ3n) is 3.50. The summed E-state index contributed by atoms with van der Waals surface area (Å²) < 4.78 is 0. The van der Waals surface area contributed by atoms with E-state index in [0.717, 1.165) is 17.5 Å². The Morgan fingerprint density at radius 3 is 2.17 bits per heavy atom. The van der Waals surface area contributed by atoms with E-state index in [-0.39, 0.29) is 11.6 Å². The van der Waals surface area contributed by atoms with Gasteiger partial charge in [0.2, 0.25) is 0 Å². The zero-order valence-electron chi connectivity index (χ0n) is 11.9. The fourth-order valence-electron chi connectivity index (χ4n) is 1.64. The molecule has 0 aromatic heterocycles. The van der Waals surface area contributed by atoms with Gasteiger partial charge in [0.25, 0.3) is 0 Å². The number of β-amino-alcohol motifs (C(OH)–C–C–N with tert-alkyl or cyclic N) is 1. The molecule has 1 aromatic carbocycles. The molecule has 0 fully saturated rings. The van der Waals surface area contributed by atoms with Crippen LogP contribution in [0, 0.1) is 0 Å². The smallest absolute Gasteiger partial charge is 0.0914 e. The van der Waals surface area contributed by atoms with Crippen molar-refractivity contribution in [2.75, 3.05) is 6.54 Å². The molecule has 4 N–H and O–H groups in total. The van der Waals surface area contributed by atoms with Gasteiger partial charge >= 0.3 is 0 Å². The molecule has 1 aromatic rings. The summed E-state index contributed by atoms with van der Waals surface area (Å²) in [6.45, 7) is 8.93. The first-order chi connectivity index (χ1) is 8.35. The molecule has 0 saturated carbocycles. The van der Waals surface area contributed by atoms with Crippen molar-refractivity contribution in [2.45, 2.75) is 51.8 Å². The predicted molar refractivity (Wildman–Crippen MR) is 76.4 cm³/mol. The lowest BCUT2D eigenvalue weighted by Crippen LogP contribution is -2.40. The van der Waals surface area contributed by atoms with Gasteiger partial charge in [-0.25, -0.2) is 0 Å². The summed E-state index contributed by atoms with van der Waals surface area (Å²) in [5.41, 5.74) is 7.88. The van der Waals surface area contributed by atoms with Gasteiger partial charge < -0.3 is 16.2 Å². The summed E-state index contributed by atoms with van der Waals surface area (Å²) >= 11 is 0. The van der Waals surface area contributed by atoms with Crippen molar-refractivity contribution in [1.29, 1.82) is 0 Å². The van der Waals surface area contributed by atoms with Crippen molar-refractivity contribution in [1.82, 2.24) is 5.32 Å². The minimum atomic E-state index is -0.474. The molecular weight excluding hydrogens is 224 g/mol. The van der Waals surface area contributed by atoms with E-state index in [2.05, 4.69) is 26.1 Å². The number of hydrogen-bond donors (Lipinski definition) is 3. The van der Waals surface area contributed by atoms with Gasteiger partial charge in [0.05, 0.1) is 6.10 Å². The van der Waals surface area contributed by atoms with Crippen LogP contribution < -0.4 is 11.1 Å². The fraction of sp³-hybridized carbons (Fsp3) is 0.600. The molecule has 1 unspecified atom stereocenters. The average Bonchev–Trinajstić information content (AvgIpc) is 2.36. The molecule has 3 nitrogen and oxygen atoms in total. The first kappa shape index (κ1) is 15.2. The van der Waals surface area contributed by atoms with Crippen molar-refractivity contribution < 1.29 is 5.11 Å². The van der Waals surface area contributed by atoms with Crippen LogP contribution in [0.5, 0.6) is 0 Å². The van der Waals surface area contributed by atoms with Crippen molar-refractivity contribution in [3.63, 3.8) is 0 Å². The van der Waals surface area contributed by atoms with Gasteiger partial charge in [0.15, 0.2) is 0 Å². The zero-order chi connectivity index (χ0) is 13.8. The molecule has 0 aliphatic heterocycles. The number of aliphatic hydroxyl groups is 1. The van der Waals surface area contributed by atoms with Crippen LogP contribution in [-0.2, 0) is 0 Å². The van der Waals surface area contributed by atoms with Crippen LogP contribution in [-0.4, -0.2) is 17.2 Å². The summed E-state index contributed by atoms with van der Waals surface area (Å²) in [5, 5.41) is 13.5. The van der Waals surface area contributed by atoms with E-state index in [0.29, 0.717) is 6.54 Å². The minimum Gasteiger partial charge on any atom is -0.387 e. The van der Waals surface area contributed by atoms with E-state index in [9.17, 15) is 5.11 Å². The second-order valence-corrected chi connectivity index (χ2v) is 5.59. The number of aliphatic hydroxyl groups excluding tert-OH is 1. The first-order valence-corrected chi connectivity index (χ1v) is 6.64. The van der Waals surface area contributed by atoms with Gasteiger partial charge in [0.1, 0.15) is 0 Å². The maximum absolute atomic E-state index is 10.1.